The number of thiophene rings is 2. The summed E-state index contributed by atoms with van der Waals surface area (Å²) >= 11 is 27.7. The summed E-state index contributed by atoms with van der Waals surface area (Å²) in [6.07, 6.45) is 7.75. The van der Waals surface area contributed by atoms with Crippen LogP contribution in [-0.4, -0.2) is 58.7 Å². The SMILES string of the molecule is O=S(=O)(O)c1cc2c(s1)-c1c(c(COCCCCCCOCc3nn(-c4ccc(Cl)cc4Cl)c4c3CCCc3cc(S(=O)(=O)O)sc3-4)nn1-c1ccc(Cl)cc1Cl)CCC2. The molecule has 2 aliphatic carbocycles. The number of hydrogen-bond acceptors (Lipinski definition) is 10. The zero-order valence-corrected chi connectivity index (χ0v) is 38.1. The molecule has 318 valence electrons. The molecule has 0 atom stereocenters. The van der Waals surface area contributed by atoms with E-state index in [1.165, 1.54) is 0 Å². The molecule has 2 N–H and O–H groups in total. The van der Waals surface area contributed by atoms with E-state index < -0.39 is 20.2 Å². The summed E-state index contributed by atoms with van der Waals surface area (Å²) in [5, 5.41) is 11.6. The molecule has 0 aliphatic heterocycles. The highest BCUT2D eigenvalue weighted by Gasteiger charge is 2.31. The number of aromatic nitrogens is 4. The molecule has 0 radical (unpaired) electrons. The van der Waals surface area contributed by atoms with Crippen LogP contribution in [-0.2, 0) is 68.6 Å². The van der Waals surface area contributed by atoms with Crippen molar-refractivity contribution in [3.63, 3.8) is 0 Å². The molecule has 0 spiro atoms. The van der Waals surface area contributed by atoms with E-state index in [9.17, 15) is 25.9 Å². The summed E-state index contributed by atoms with van der Waals surface area (Å²) in [5.74, 6) is 0. The molecule has 4 heterocycles. The van der Waals surface area contributed by atoms with Crippen molar-refractivity contribution in [3.8, 4) is 32.5 Å². The second-order valence-corrected chi connectivity index (χ2v) is 21.7. The first-order valence-corrected chi connectivity index (χ1v) is 25.2. The Morgan fingerprint density at radius 3 is 1.40 bits per heavy atom. The lowest BCUT2D eigenvalue weighted by Gasteiger charge is -2.10. The number of ether oxygens (including phenoxy) is 2. The van der Waals surface area contributed by atoms with Crippen LogP contribution in [0.2, 0.25) is 20.1 Å². The first-order chi connectivity index (χ1) is 28.7. The number of unbranched alkanes of at least 4 members (excludes halogenated alkanes) is 3. The first-order valence-electron chi connectivity index (χ1n) is 19.2. The summed E-state index contributed by atoms with van der Waals surface area (Å²) in [7, 11) is -8.77. The number of halogens is 4. The molecular formula is C40H38Cl4N4O8S4. The van der Waals surface area contributed by atoms with Gasteiger partial charge in [-0.2, -0.15) is 27.0 Å². The quantitative estimate of drug-likeness (QED) is 0.0748. The van der Waals surface area contributed by atoms with Crippen LogP contribution < -0.4 is 0 Å². The Kier molecular flexibility index (Phi) is 13.2. The minimum absolute atomic E-state index is 0.112. The predicted octanol–water partition coefficient (Wildman–Crippen LogP) is 10.9. The van der Waals surface area contributed by atoms with Crippen molar-refractivity contribution in [2.45, 2.75) is 85.8 Å². The fourth-order valence-corrected chi connectivity index (χ4v) is 12.6. The summed E-state index contributed by atoms with van der Waals surface area (Å²) < 4.78 is 83.6. The lowest BCUT2D eigenvalue weighted by atomic mass is 10.1. The van der Waals surface area contributed by atoms with E-state index >= 15 is 0 Å². The third kappa shape index (κ3) is 9.26. The highest BCUT2D eigenvalue weighted by atomic mass is 35.5. The highest BCUT2D eigenvalue weighted by Crippen LogP contribution is 2.45. The van der Waals surface area contributed by atoms with Gasteiger partial charge in [0.2, 0.25) is 0 Å². The van der Waals surface area contributed by atoms with Crippen molar-refractivity contribution < 1.29 is 35.4 Å². The molecule has 0 amide bonds. The summed E-state index contributed by atoms with van der Waals surface area (Å²) in [6.45, 7) is 1.56. The fraction of sp³-hybridized carbons (Fsp3) is 0.350. The smallest absolute Gasteiger partial charge is 0.304 e. The minimum atomic E-state index is -4.39. The maximum absolute atomic E-state index is 12.1. The van der Waals surface area contributed by atoms with Crippen LogP contribution in [0.1, 0.15) is 72.2 Å². The van der Waals surface area contributed by atoms with Gasteiger partial charge < -0.3 is 9.47 Å². The number of benzene rings is 2. The van der Waals surface area contributed by atoms with Gasteiger partial charge in [0.25, 0.3) is 0 Å². The Labute approximate surface area is 375 Å². The Hall–Kier alpha value is -2.84. The Bertz CT molecular complexity index is 2630. The molecule has 0 bridgehead atoms. The molecule has 0 saturated carbocycles. The largest absolute Gasteiger partial charge is 0.375 e. The average Bonchev–Trinajstić information content (AvgIpc) is 3.92. The van der Waals surface area contributed by atoms with E-state index in [0.717, 1.165) is 116 Å². The zero-order chi connectivity index (χ0) is 42.3. The van der Waals surface area contributed by atoms with Crippen molar-refractivity contribution in [2.75, 3.05) is 13.2 Å². The molecule has 0 fully saturated rings. The fourth-order valence-electron chi connectivity index (χ4n) is 7.71. The molecule has 60 heavy (non-hydrogen) atoms. The van der Waals surface area contributed by atoms with Gasteiger partial charge in [-0.05, 0) is 111 Å². The lowest BCUT2D eigenvalue weighted by Crippen LogP contribution is -2.03. The number of nitrogens with zero attached hydrogens (tertiary/aromatic N) is 4. The standard InChI is InChI=1S/C40H38Cl4N4O8S4/c41-25-11-13-33(29(43)19-25)47-37-27(9-5-7-23-17-35(57-39(23)37)59(49,50)51)31(45-47)21-55-15-3-1-2-4-16-56-22-32-28-10-6-8-24-18-36(60(52,53)54)58-40(24)38(28)48(46-32)34-14-12-26(42)20-30(34)44/h11-14,17-20H,1-10,15-16,21-22H2,(H,49,50,51)(H,52,53,54). The van der Waals surface area contributed by atoms with Gasteiger partial charge in [-0.25, -0.2) is 9.36 Å². The maximum Gasteiger partial charge on any atom is 0.304 e. The Balaban J connectivity index is 0.889. The van der Waals surface area contributed by atoms with Crippen molar-refractivity contribution in [3.05, 3.63) is 102 Å². The van der Waals surface area contributed by atoms with Gasteiger partial charge in [0.05, 0.1) is 67.2 Å². The van der Waals surface area contributed by atoms with Gasteiger partial charge in [0.1, 0.15) is 8.42 Å². The third-order valence-corrected chi connectivity index (χ3v) is 16.5. The van der Waals surface area contributed by atoms with Crippen molar-refractivity contribution in [1.82, 2.24) is 19.6 Å². The third-order valence-electron chi connectivity index (χ3n) is 10.5. The molecule has 2 aromatic carbocycles. The minimum Gasteiger partial charge on any atom is -0.375 e. The first kappa shape index (κ1) is 43.8. The predicted molar refractivity (Wildman–Crippen MR) is 235 cm³/mol. The Morgan fingerprint density at radius 1 is 0.600 bits per heavy atom. The average molecular weight is 973 g/mol. The second kappa shape index (κ2) is 18.1. The maximum atomic E-state index is 12.1. The monoisotopic (exact) mass is 970 g/mol. The zero-order valence-electron chi connectivity index (χ0n) is 31.8. The molecule has 12 nitrogen and oxygen atoms in total. The van der Waals surface area contributed by atoms with Gasteiger partial charge in [-0.3, -0.25) is 9.11 Å². The van der Waals surface area contributed by atoms with Crippen molar-refractivity contribution >= 4 is 89.3 Å². The van der Waals surface area contributed by atoms with Crippen molar-refractivity contribution in [2.24, 2.45) is 0 Å². The molecule has 2 aliphatic rings. The summed E-state index contributed by atoms with van der Waals surface area (Å²) in [6, 6.07) is 13.3. The summed E-state index contributed by atoms with van der Waals surface area (Å²) in [4.78, 5) is 1.45. The Morgan fingerprint density at radius 2 is 1.02 bits per heavy atom. The normalized spacial score (nSPS) is 14.0. The molecule has 8 rings (SSSR count). The van der Waals surface area contributed by atoms with E-state index in [1.54, 1.807) is 57.9 Å². The molecule has 20 heteroatoms. The van der Waals surface area contributed by atoms with Crippen LogP contribution in [0.25, 0.3) is 32.5 Å². The second-order valence-electron chi connectivity index (χ2n) is 14.6. The lowest BCUT2D eigenvalue weighted by molar-refractivity contribution is 0.105. The number of hydrogen-bond donors (Lipinski definition) is 2. The van der Waals surface area contributed by atoms with Gasteiger partial charge in [-0.15, -0.1) is 22.7 Å². The van der Waals surface area contributed by atoms with Gasteiger partial charge >= 0.3 is 20.2 Å². The van der Waals surface area contributed by atoms with Crippen LogP contribution in [0.4, 0.5) is 0 Å². The van der Waals surface area contributed by atoms with E-state index in [4.69, 9.17) is 66.1 Å². The van der Waals surface area contributed by atoms with E-state index in [-0.39, 0.29) is 21.6 Å². The molecule has 0 unspecified atom stereocenters. The number of fused-ring (bicyclic) bond motifs is 6. The van der Waals surface area contributed by atoms with Gasteiger partial charge in [-0.1, -0.05) is 59.2 Å². The molecular weight excluding hydrogens is 935 g/mol. The van der Waals surface area contributed by atoms with E-state index in [1.807, 2.05) is 0 Å². The number of rotatable bonds is 15. The van der Waals surface area contributed by atoms with Gasteiger partial charge in [0.15, 0.2) is 0 Å². The van der Waals surface area contributed by atoms with Crippen LogP contribution in [0.5, 0.6) is 0 Å². The molecule has 4 aromatic heterocycles. The van der Waals surface area contributed by atoms with Crippen LogP contribution in [0.3, 0.4) is 0 Å². The molecule has 6 aromatic rings. The van der Waals surface area contributed by atoms with E-state index in [2.05, 4.69) is 0 Å². The van der Waals surface area contributed by atoms with Crippen LogP contribution in [0.15, 0.2) is 56.9 Å². The van der Waals surface area contributed by atoms with Crippen molar-refractivity contribution in [1.29, 1.82) is 0 Å². The van der Waals surface area contributed by atoms with Crippen LogP contribution in [0, 0.1) is 0 Å². The molecule has 0 saturated heterocycles. The topological polar surface area (TPSA) is 163 Å². The number of aryl methyl sites for hydroxylation is 2. The van der Waals surface area contributed by atoms with Crippen LogP contribution >= 0.6 is 69.1 Å². The van der Waals surface area contributed by atoms with E-state index in [0.29, 0.717) is 70.4 Å². The van der Waals surface area contributed by atoms with Gasteiger partial charge in [0, 0.05) is 34.4 Å². The summed E-state index contributed by atoms with van der Waals surface area (Å²) in [5.41, 5.74) is 7.73. The highest BCUT2D eigenvalue weighted by molar-refractivity contribution is 7.88.